The minimum absolute atomic E-state index is 0.0439. The maximum Gasteiger partial charge on any atom is 0.321 e. The lowest BCUT2D eigenvalue weighted by molar-refractivity contribution is -0.385. The van der Waals surface area contributed by atoms with E-state index >= 15 is 0 Å². The number of pyridine rings is 1. The van der Waals surface area contributed by atoms with Gasteiger partial charge in [-0.1, -0.05) is 19.3 Å². The van der Waals surface area contributed by atoms with E-state index in [1.54, 1.807) is 0 Å². The van der Waals surface area contributed by atoms with Crippen LogP contribution in [0.2, 0.25) is 0 Å². The Morgan fingerprint density at radius 3 is 2.58 bits per heavy atom. The van der Waals surface area contributed by atoms with E-state index in [0.717, 1.165) is 55.0 Å². The van der Waals surface area contributed by atoms with E-state index in [4.69, 9.17) is 0 Å². The number of aromatic nitrogens is 1. The van der Waals surface area contributed by atoms with Gasteiger partial charge in [0.1, 0.15) is 6.04 Å². The zero-order valence-electron chi connectivity index (χ0n) is 13.4. The minimum Gasteiger partial charge on any atom is -0.335 e. The van der Waals surface area contributed by atoms with Gasteiger partial charge in [0.05, 0.1) is 11.1 Å². The Morgan fingerprint density at radius 1 is 1.29 bits per heavy atom. The SMILES string of the molecule is C[C@@H](C(=O)NC(=O)NC1CCCCC1)n1cc([N+](=O)[O-])ccc1=O. The van der Waals surface area contributed by atoms with E-state index in [0.29, 0.717) is 0 Å². The topological polar surface area (TPSA) is 123 Å². The van der Waals surface area contributed by atoms with Crippen molar-refractivity contribution in [1.82, 2.24) is 15.2 Å². The Hall–Kier alpha value is -2.71. The lowest BCUT2D eigenvalue weighted by Crippen LogP contribution is -2.47. The molecule has 2 N–H and O–H groups in total. The molecule has 3 amide bonds. The molecule has 130 valence electrons. The number of hydrogen-bond donors (Lipinski definition) is 2. The monoisotopic (exact) mass is 336 g/mol. The molecule has 0 aliphatic heterocycles. The van der Waals surface area contributed by atoms with Crippen LogP contribution in [-0.2, 0) is 4.79 Å². The van der Waals surface area contributed by atoms with Gasteiger partial charge in [0.15, 0.2) is 0 Å². The van der Waals surface area contributed by atoms with Gasteiger partial charge >= 0.3 is 6.03 Å². The summed E-state index contributed by atoms with van der Waals surface area (Å²) in [4.78, 5) is 45.9. The van der Waals surface area contributed by atoms with Crippen molar-refractivity contribution in [2.45, 2.75) is 51.1 Å². The number of hydrogen-bond acceptors (Lipinski definition) is 5. The number of carbonyl (C=O) groups excluding carboxylic acids is 2. The summed E-state index contributed by atoms with van der Waals surface area (Å²) in [6.45, 7) is 1.40. The van der Waals surface area contributed by atoms with Crippen LogP contribution in [0.4, 0.5) is 10.5 Å². The maximum atomic E-state index is 12.1. The molecule has 1 aromatic rings. The second kappa shape index (κ2) is 7.71. The van der Waals surface area contributed by atoms with Gasteiger partial charge in [-0.3, -0.25) is 29.6 Å². The van der Waals surface area contributed by atoms with Crippen molar-refractivity contribution in [3.63, 3.8) is 0 Å². The molecule has 0 spiro atoms. The number of amides is 3. The third-order valence-corrected chi connectivity index (χ3v) is 4.11. The maximum absolute atomic E-state index is 12.1. The van der Waals surface area contributed by atoms with Crippen LogP contribution in [0.15, 0.2) is 23.1 Å². The van der Waals surface area contributed by atoms with Gasteiger partial charge in [-0.15, -0.1) is 0 Å². The highest BCUT2D eigenvalue weighted by Gasteiger charge is 2.22. The summed E-state index contributed by atoms with van der Waals surface area (Å²) in [7, 11) is 0. The highest BCUT2D eigenvalue weighted by molar-refractivity contribution is 5.96. The first kappa shape index (κ1) is 17.6. The van der Waals surface area contributed by atoms with E-state index in [9.17, 15) is 24.5 Å². The van der Waals surface area contributed by atoms with Crippen molar-refractivity contribution in [3.05, 3.63) is 38.8 Å². The molecule has 0 radical (unpaired) electrons. The molecule has 0 saturated heterocycles. The molecule has 24 heavy (non-hydrogen) atoms. The second-order valence-corrected chi connectivity index (χ2v) is 5.86. The van der Waals surface area contributed by atoms with Crippen LogP contribution >= 0.6 is 0 Å². The highest BCUT2D eigenvalue weighted by atomic mass is 16.6. The molecule has 1 aliphatic carbocycles. The van der Waals surface area contributed by atoms with E-state index in [1.807, 2.05) is 0 Å². The Morgan fingerprint density at radius 2 is 1.96 bits per heavy atom. The molecule has 0 aromatic carbocycles. The Kier molecular flexibility index (Phi) is 5.67. The summed E-state index contributed by atoms with van der Waals surface area (Å²) in [5.74, 6) is -0.703. The van der Waals surface area contributed by atoms with E-state index < -0.39 is 28.5 Å². The number of imide groups is 1. The van der Waals surface area contributed by atoms with Gasteiger partial charge in [-0.2, -0.15) is 0 Å². The zero-order chi connectivity index (χ0) is 17.7. The molecule has 1 fully saturated rings. The summed E-state index contributed by atoms with van der Waals surface area (Å²) >= 11 is 0. The van der Waals surface area contributed by atoms with Crippen molar-refractivity contribution < 1.29 is 14.5 Å². The summed E-state index contributed by atoms with van der Waals surface area (Å²) in [6.07, 6.45) is 5.97. The lowest BCUT2D eigenvalue weighted by Gasteiger charge is -2.23. The third-order valence-electron chi connectivity index (χ3n) is 4.11. The number of rotatable bonds is 4. The smallest absolute Gasteiger partial charge is 0.321 e. The fraction of sp³-hybridized carbons (Fsp3) is 0.533. The number of nitrogens with zero attached hydrogens (tertiary/aromatic N) is 2. The van der Waals surface area contributed by atoms with Crippen LogP contribution in [0.3, 0.4) is 0 Å². The number of nitro groups is 1. The minimum atomic E-state index is -1.05. The number of carbonyl (C=O) groups is 2. The summed E-state index contributed by atoms with van der Waals surface area (Å²) in [5.41, 5.74) is -0.864. The fourth-order valence-corrected chi connectivity index (χ4v) is 2.71. The average Bonchev–Trinajstić information content (AvgIpc) is 2.55. The third kappa shape index (κ3) is 4.40. The molecule has 9 nitrogen and oxygen atoms in total. The van der Waals surface area contributed by atoms with Gasteiger partial charge in [0.2, 0.25) is 0 Å². The first-order valence-electron chi connectivity index (χ1n) is 7.86. The summed E-state index contributed by atoms with van der Waals surface area (Å²) < 4.78 is 0.932. The Bertz CT molecular complexity index is 693. The number of urea groups is 1. The normalized spacial score (nSPS) is 16.2. The average molecular weight is 336 g/mol. The predicted octanol–water partition coefficient (Wildman–Crippen LogP) is 1.48. The molecular weight excluding hydrogens is 316 g/mol. The molecule has 0 unspecified atom stereocenters. The number of nitrogens with one attached hydrogen (secondary N) is 2. The summed E-state index contributed by atoms with van der Waals surface area (Å²) in [5, 5.41) is 15.7. The predicted molar refractivity (Wildman–Crippen MR) is 85.6 cm³/mol. The first-order valence-corrected chi connectivity index (χ1v) is 7.86. The molecule has 1 saturated carbocycles. The first-order chi connectivity index (χ1) is 11.4. The van der Waals surface area contributed by atoms with Crippen molar-refractivity contribution >= 4 is 17.6 Å². The van der Waals surface area contributed by atoms with Crippen molar-refractivity contribution in [2.24, 2.45) is 0 Å². The molecule has 1 heterocycles. The standard InChI is InChI=1S/C15H20N4O5/c1-10(18-9-12(19(23)24)7-8-13(18)20)14(21)17-15(22)16-11-5-3-2-4-6-11/h7-11H,2-6H2,1H3,(H2,16,17,21,22)/t10-/m0/s1. The molecule has 2 rings (SSSR count). The van der Waals surface area contributed by atoms with Gasteiger partial charge < -0.3 is 5.32 Å². The quantitative estimate of drug-likeness (QED) is 0.636. The van der Waals surface area contributed by atoms with Crippen molar-refractivity contribution in [2.75, 3.05) is 0 Å². The largest absolute Gasteiger partial charge is 0.335 e. The van der Waals surface area contributed by atoms with Crippen LogP contribution in [0.1, 0.15) is 45.1 Å². The van der Waals surface area contributed by atoms with Crippen LogP contribution in [0, 0.1) is 10.1 Å². The van der Waals surface area contributed by atoms with Crippen molar-refractivity contribution in [3.8, 4) is 0 Å². The molecular formula is C15H20N4O5. The van der Waals surface area contributed by atoms with Gasteiger partial charge in [0.25, 0.3) is 17.2 Å². The second-order valence-electron chi connectivity index (χ2n) is 5.86. The molecule has 1 aromatic heterocycles. The Labute approximate surface area is 138 Å². The van der Waals surface area contributed by atoms with Gasteiger partial charge in [0, 0.05) is 18.2 Å². The van der Waals surface area contributed by atoms with E-state index in [1.165, 1.54) is 6.92 Å². The molecule has 0 bridgehead atoms. The van der Waals surface area contributed by atoms with Crippen LogP contribution in [0.25, 0.3) is 0 Å². The van der Waals surface area contributed by atoms with Gasteiger partial charge in [-0.05, 0) is 19.8 Å². The highest BCUT2D eigenvalue weighted by Crippen LogP contribution is 2.17. The molecule has 1 aliphatic rings. The van der Waals surface area contributed by atoms with E-state index in [-0.39, 0.29) is 11.7 Å². The fourth-order valence-electron chi connectivity index (χ4n) is 2.71. The molecule has 9 heteroatoms. The zero-order valence-corrected chi connectivity index (χ0v) is 13.4. The van der Waals surface area contributed by atoms with Crippen LogP contribution in [-0.4, -0.2) is 27.5 Å². The van der Waals surface area contributed by atoms with Crippen LogP contribution < -0.4 is 16.2 Å². The van der Waals surface area contributed by atoms with Gasteiger partial charge in [-0.25, -0.2) is 4.79 Å². The van der Waals surface area contributed by atoms with Crippen molar-refractivity contribution in [1.29, 1.82) is 0 Å². The van der Waals surface area contributed by atoms with E-state index in [2.05, 4.69) is 10.6 Å². The molecule has 1 atom stereocenters. The lowest BCUT2D eigenvalue weighted by atomic mass is 9.96. The Balaban J connectivity index is 2.01. The van der Waals surface area contributed by atoms with Crippen LogP contribution in [0.5, 0.6) is 0 Å². The summed E-state index contributed by atoms with van der Waals surface area (Å²) in [6, 6.07) is 0.470.